The van der Waals surface area contributed by atoms with Crippen LogP contribution in [0.1, 0.15) is 0 Å². The zero-order valence-electron chi connectivity index (χ0n) is 34.7. The van der Waals surface area contributed by atoms with Crippen molar-refractivity contribution < 1.29 is 4.42 Å². The molecular weight excluding hydrogens is 779 g/mol. The summed E-state index contributed by atoms with van der Waals surface area (Å²) in [5, 5.41) is 9.61. The van der Waals surface area contributed by atoms with Crippen molar-refractivity contribution in [3.63, 3.8) is 0 Å². The van der Waals surface area contributed by atoms with Crippen LogP contribution >= 0.6 is 0 Å². The number of benzene rings is 10. The summed E-state index contributed by atoms with van der Waals surface area (Å²) in [4.78, 5) is 3.65. The minimum Gasteiger partial charge on any atom is -0.454 e. The van der Waals surface area contributed by atoms with E-state index in [1.807, 2.05) is 42.5 Å². The van der Waals surface area contributed by atoms with E-state index >= 15 is 0 Å². The smallest absolute Gasteiger partial charge is 0.159 e. The molecule has 0 fully saturated rings. The van der Waals surface area contributed by atoms with Gasteiger partial charge < -0.3 is 18.5 Å². The fourth-order valence-corrected chi connectivity index (χ4v) is 9.98. The third-order valence-corrected chi connectivity index (χ3v) is 12.9. The average molecular weight is 818 g/mol. The van der Waals surface area contributed by atoms with Crippen LogP contribution in [0.15, 0.2) is 235 Å². The molecule has 1 N–H and O–H groups in total. The van der Waals surface area contributed by atoms with Crippen LogP contribution < -0.4 is 0 Å². The lowest BCUT2D eigenvalue weighted by molar-refractivity contribution is 0.666. The summed E-state index contributed by atoms with van der Waals surface area (Å²) >= 11 is 0. The highest BCUT2D eigenvalue weighted by molar-refractivity contribution is 6.16. The number of nitrogens with zero attached hydrogens (tertiary/aromatic N) is 2. The molecule has 10 aromatic carbocycles. The second-order valence-corrected chi connectivity index (χ2v) is 16.6. The van der Waals surface area contributed by atoms with E-state index in [1.54, 1.807) is 0 Å². The Hall–Kier alpha value is -8.60. The topological polar surface area (TPSA) is 38.8 Å². The van der Waals surface area contributed by atoms with Crippen molar-refractivity contribution in [2.24, 2.45) is 0 Å². The molecule has 0 bridgehead atoms. The van der Waals surface area contributed by atoms with Gasteiger partial charge in [0.1, 0.15) is 5.58 Å². The summed E-state index contributed by atoms with van der Waals surface area (Å²) in [6.45, 7) is 0. The molecule has 0 aliphatic carbocycles. The van der Waals surface area contributed by atoms with Gasteiger partial charge in [-0.25, -0.2) is 0 Å². The van der Waals surface area contributed by atoms with Gasteiger partial charge in [-0.15, -0.1) is 0 Å². The Morgan fingerprint density at radius 1 is 0.297 bits per heavy atom. The van der Waals surface area contributed by atoms with Crippen LogP contribution in [-0.4, -0.2) is 14.1 Å². The van der Waals surface area contributed by atoms with Crippen LogP contribution in [-0.2, 0) is 0 Å². The normalized spacial score (nSPS) is 11.8. The Morgan fingerprint density at radius 2 is 0.781 bits per heavy atom. The van der Waals surface area contributed by atoms with Gasteiger partial charge in [-0.1, -0.05) is 152 Å². The zero-order valence-corrected chi connectivity index (χ0v) is 34.7. The van der Waals surface area contributed by atoms with Gasteiger partial charge in [0.2, 0.25) is 0 Å². The summed E-state index contributed by atoms with van der Waals surface area (Å²) < 4.78 is 11.4. The van der Waals surface area contributed by atoms with Crippen molar-refractivity contribution in [1.29, 1.82) is 0 Å². The van der Waals surface area contributed by atoms with Gasteiger partial charge in [0.05, 0.1) is 27.8 Å². The number of nitrogens with one attached hydrogen (secondary N) is 1. The lowest BCUT2D eigenvalue weighted by atomic mass is 9.99. The number of fused-ring (bicyclic) bond motifs is 12. The molecule has 14 rings (SSSR count). The number of hydrogen-bond acceptors (Lipinski definition) is 1. The van der Waals surface area contributed by atoms with Gasteiger partial charge in [0.25, 0.3) is 0 Å². The maximum atomic E-state index is 6.64. The fraction of sp³-hybridized carbons (Fsp3) is 0. The molecule has 0 aliphatic rings. The molecule has 0 atom stereocenters. The highest BCUT2D eigenvalue weighted by Gasteiger charge is 2.20. The van der Waals surface area contributed by atoms with Crippen molar-refractivity contribution in [1.82, 2.24) is 14.1 Å². The van der Waals surface area contributed by atoms with Crippen LogP contribution in [0.3, 0.4) is 0 Å². The predicted molar refractivity (Wildman–Crippen MR) is 269 cm³/mol. The molecule has 64 heavy (non-hydrogen) atoms. The second-order valence-electron chi connectivity index (χ2n) is 16.6. The largest absolute Gasteiger partial charge is 0.454 e. The average Bonchev–Trinajstić information content (AvgIpc) is 4.12. The molecule has 0 radical (unpaired) electrons. The third kappa shape index (κ3) is 5.70. The van der Waals surface area contributed by atoms with Crippen molar-refractivity contribution in [2.45, 2.75) is 0 Å². The molecule has 4 aromatic heterocycles. The third-order valence-electron chi connectivity index (χ3n) is 12.9. The Labute approximate surface area is 368 Å². The lowest BCUT2D eigenvalue weighted by Gasteiger charge is -2.10. The van der Waals surface area contributed by atoms with Gasteiger partial charge >= 0.3 is 0 Å². The van der Waals surface area contributed by atoms with Crippen LogP contribution in [0.2, 0.25) is 0 Å². The standard InChI is InChI=1S/C54H33N3O.C6H6/c1-2-11-37(12-3-1)56-48-18-8-5-14-40(48)43-29-33(22-26-49(43)56)34-23-27-50-44(30-34)45-31-35(36-21-25-39-38-13-4-7-17-46(38)55-47(39)32-36)24-28-51(45)57(50)52-19-10-16-42-41-15-6-9-20-53(41)58-54(42)52;1-2-4-6-5-3-1/h1-32,55H;1-6H. The lowest BCUT2D eigenvalue weighted by Crippen LogP contribution is -1.94. The molecule has 0 aliphatic heterocycles. The summed E-state index contributed by atoms with van der Waals surface area (Å²) in [6, 6.07) is 82.3. The van der Waals surface area contributed by atoms with Gasteiger partial charge in [0.15, 0.2) is 5.58 Å². The zero-order chi connectivity index (χ0) is 42.1. The Kier molecular flexibility index (Phi) is 8.18. The number of aromatic amines is 1. The minimum absolute atomic E-state index is 0.889. The number of aromatic nitrogens is 3. The SMILES string of the molecule is c1ccc(-n2c3ccccc3c3cc(-c4ccc5c(c4)c4cc(-c6ccc7c(c6)[nH]c6ccccc67)ccc4n5-c4cccc5c4oc4ccccc45)ccc32)cc1.c1ccccc1. The molecule has 300 valence electrons. The summed E-state index contributed by atoms with van der Waals surface area (Å²) in [7, 11) is 0. The van der Waals surface area contributed by atoms with E-state index in [1.165, 1.54) is 65.6 Å². The monoisotopic (exact) mass is 817 g/mol. The molecule has 0 saturated heterocycles. The Morgan fingerprint density at radius 3 is 1.48 bits per heavy atom. The molecular formula is C60H39N3O. The highest BCUT2D eigenvalue weighted by Crippen LogP contribution is 2.42. The summed E-state index contributed by atoms with van der Waals surface area (Å²) in [5.41, 5.74) is 15.7. The van der Waals surface area contributed by atoms with Crippen molar-refractivity contribution in [2.75, 3.05) is 0 Å². The first-order valence-electron chi connectivity index (χ1n) is 21.8. The van der Waals surface area contributed by atoms with E-state index in [0.717, 1.165) is 55.4 Å². The highest BCUT2D eigenvalue weighted by atomic mass is 16.3. The molecule has 0 spiro atoms. The summed E-state index contributed by atoms with van der Waals surface area (Å²) in [5.74, 6) is 0. The van der Waals surface area contributed by atoms with E-state index in [4.69, 9.17) is 4.42 Å². The van der Waals surface area contributed by atoms with E-state index in [-0.39, 0.29) is 0 Å². The van der Waals surface area contributed by atoms with E-state index < -0.39 is 0 Å². The quantitative estimate of drug-likeness (QED) is 0.189. The number of hydrogen-bond donors (Lipinski definition) is 1. The first kappa shape index (κ1) is 36.1. The van der Waals surface area contributed by atoms with E-state index in [0.29, 0.717) is 0 Å². The first-order chi connectivity index (χ1) is 31.7. The first-order valence-corrected chi connectivity index (χ1v) is 21.8. The van der Waals surface area contributed by atoms with E-state index in [9.17, 15) is 0 Å². The second kappa shape index (κ2) is 14.5. The van der Waals surface area contributed by atoms with Gasteiger partial charge in [0, 0.05) is 59.8 Å². The minimum atomic E-state index is 0.889. The van der Waals surface area contributed by atoms with Crippen LogP contribution in [0.25, 0.3) is 121 Å². The molecule has 0 unspecified atom stereocenters. The molecule has 4 heteroatoms. The number of furan rings is 1. The van der Waals surface area contributed by atoms with Crippen molar-refractivity contribution in [3.05, 3.63) is 231 Å². The molecule has 4 heterocycles. The van der Waals surface area contributed by atoms with Crippen LogP contribution in [0.5, 0.6) is 0 Å². The Balaban J connectivity index is 0.000000639. The van der Waals surface area contributed by atoms with Crippen molar-refractivity contribution in [3.8, 4) is 33.6 Å². The number of para-hydroxylation sites is 5. The molecule has 14 aromatic rings. The van der Waals surface area contributed by atoms with Crippen molar-refractivity contribution >= 4 is 87.4 Å². The van der Waals surface area contributed by atoms with E-state index in [2.05, 4.69) is 202 Å². The number of rotatable bonds is 4. The van der Waals surface area contributed by atoms with Gasteiger partial charge in [-0.3, -0.25) is 0 Å². The van der Waals surface area contributed by atoms with Crippen LogP contribution in [0, 0.1) is 0 Å². The van der Waals surface area contributed by atoms with Gasteiger partial charge in [-0.05, 0) is 101 Å². The fourth-order valence-electron chi connectivity index (χ4n) is 9.98. The molecule has 4 nitrogen and oxygen atoms in total. The van der Waals surface area contributed by atoms with Crippen LogP contribution in [0.4, 0.5) is 0 Å². The molecule has 0 amide bonds. The maximum absolute atomic E-state index is 6.64. The summed E-state index contributed by atoms with van der Waals surface area (Å²) in [6.07, 6.45) is 0. The number of H-pyrrole nitrogens is 1. The predicted octanol–water partition coefficient (Wildman–Crippen LogP) is 16.4. The maximum Gasteiger partial charge on any atom is 0.159 e. The Bertz CT molecular complexity index is 4050. The molecule has 0 saturated carbocycles. The van der Waals surface area contributed by atoms with Gasteiger partial charge in [-0.2, -0.15) is 0 Å².